The molecule has 0 bridgehead atoms. The third-order valence-corrected chi connectivity index (χ3v) is 4.45. The zero-order valence-corrected chi connectivity index (χ0v) is 10.3. The predicted molar refractivity (Wildman–Crippen MR) is 66.2 cm³/mol. The smallest absolute Gasteiger partial charge is 0.110 e. The van der Waals surface area contributed by atoms with E-state index in [4.69, 9.17) is 4.74 Å². The average Bonchev–Trinajstić information content (AvgIpc) is 2.90. The molecule has 0 aromatic rings. The molecule has 1 saturated heterocycles. The van der Waals surface area contributed by atoms with Gasteiger partial charge in [-0.15, -0.1) is 0 Å². The summed E-state index contributed by atoms with van der Waals surface area (Å²) in [4.78, 5) is 0. The average molecular weight is 227 g/mol. The fraction of sp³-hybridized carbons (Fsp3) is 0.833. The van der Waals surface area contributed by atoms with Crippen molar-refractivity contribution in [2.75, 3.05) is 18.9 Å². The van der Waals surface area contributed by atoms with E-state index >= 15 is 0 Å². The summed E-state index contributed by atoms with van der Waals surface area (Å²) in [6.45, 7) is 4.20. The molecule has 2 atom stereocenters. The van der Waals surface area contributed by atoms with Gasteiger partial charge in [-0.1, -0.05) is 6.92 Å². The van der Waals surface area contributed by atoms with Gasteiger partial charge in [-0.2, -0.15) is 11.8 Å². The maximum absolute atomic E-state index is 5.71. The lowest BCUT2D eigenvalue weighted by Crippen LogP contribution is -2.39. The van der Waals surface area contributed by atoms with Gasteiger partial charge in [0.2, 0.25) is 0 Å². The SMILES string of the molecule is CCCNC(C1=CCCO1)C1CCCS1. The highest BCUT2D eigenvalue weighted by molar-refractivity contribution is 8.00. The monoisotopic (exact) mass is 227 g/mol. The molecule has 0 amide bonds. The van der Waals surface area contributed by atoms with Crippen molar-refractivity contribution in [2.24, 2.45) is 0 Å². The highest BCUT2D eigenvalue weighted by Gasteiger charge is 2.30. The van der Waals surface area contributed by atoms with Gasteiger partial charge in [0, 0.05) is 11.7 Å². The van der Waals surface area contributed by atoms with Crippen molar-refractivity contribution in [1.29, 1.82) is 0 Å². The molecule has 0 aromatic carbocycles. The summed E-state index contributed by atoms with van der Waals surface area (Å²) in [6, 6.07) is 0.472. The molecule has 2 heterocycles. The molecule has 86 valence electrons. The van der Waals surface area contributed by atoms with Crippen LogP contribution in [0.25, 0.3) is 0 Å². The summed E-state index contributed by atoms with van der Waals surface area (Å²) in [5.74, 6) is 2.53. The number of thioether (sulfide) groups is 1. The van der Waals surface area contributed by atoms with Crippen LogP contribution < -0.4 is 5.32 Å². The number of hydrogen-bond acceptors (Lipinski definition) is 3. The van der Waals surface area contributed by atoms with Gasteiger partial charge in [0.25, 0.3) is 0 Å². The Kier molecular flexibility index (Phi) is 4.39. The first-order valence-corrected chi connectivity index (χ1v) is 7.14. The second kappa shape index (κ2) is 5.80. The number of hydrogen-bond donors (Lipinski definition) is 1. The first kappa shape index (κ1) is 11.3. The minimum Gasteiger partial charge on any atom is -0.496 e. The summed E-state index contributed by atoms with van der Waals surface area (Å²) in [7, 11) is 0. The van der Waals surface area contributed by atoms with Gasteiger partial charge in [0.1, 0.15) is 5.76 Å². The van der Waals surface area contributed by atoms with Crippen molar-refractivity contribution < 1.29 is 4.74 Å². The Bertz CT molecular complexity index is 224. The van der Waals surface area contributed by atoms with E-state index in [1.54, 1.807) is 0 Å². The summed E-state index contributed by atoms with van der Waals surface area (Å²) >= 11 is 2.10. The number of rotatable bonds is 5. The second-order valence-electron chi connectivity index (χ2n) is 4.23. The number of ether oxygens (including phenoxy) is 1. The van der Waals surface area contributed by atoms with Crippen molar-refractivity contribution in [3.05, 3.63) is 11.8 Å². The van der Waals surface area contributed by atoms with E-state index in [-0.39, 0.29) is 0 Å². The molecule has 2 rings (SSSR count). The molecular weight excluding hydrogens is 206 g/mol. The van der Waals surface area contributed by atoms with E-state index in [2.05, 4.69) is 30.1 Å². The van der Waals surface area contributed by atoms with Crippen molar-refractivity contribution in [2.45, 2.75) is 43.9 Å². The minimum atomic E-state index is 0.472. The lowest BCUT2D eigenvalue weighted by atomic mass is 10.1. The molecule has 1 N–H and O–H groups in total. The Morgan fingerprint density at radius 2 is 2.60 bits per heavy atom. The van der Waals surface area contributed by atoms with Crippen LogP contribution in [-0.4, -0.2) is 30.2 Å². The Labute approximate surface area is 96.8 Å². The molecule has 0 aliphatic carbocycles. The molecule has 2 aliphatic heterocycles. The predicted octanol–water partition coefficient (Wildman–Crippen LogP) is 2.55. The van der Waals surface area contributed by atoms with Crippen LogP contribution in [0.1, 0.15) is 32.6 Å². The lowest BCUT2D eigenvalue weighted by Gasteiger charge is -2.24. The van der Waals surface area contributed by atoms with E-state index < -0.39 is 0 Å². The highest BCUT2D eigenvalue weighted by Crippen LogP contribution is 2.32. The molecule has 2 nitrogen and oxygen atoms in total. The topological polar surface area (TPSA) is 21.3 Å². The Hall–Kier alpha value is -0.150. The molecule has 0 radical (unpaired) electrons. The fourth-order valence-corrected chi connectivity index (χ4v) is 3.63. The molecule has 0 spiro atoms. The van der Waals surface area contributed by atoms with Crippen LogP contribution in [0.15, 0.2) is 11.8 Å². The zero-order valence-electron chi connectivity index (χ0n) is 9.50. The fourth-order valence-electron chi connectivity index (χ4n) is 2.23. The summed E-state index contributed by atoms with van der Waals surface area (Å²) in [5, 5.41) is 4.38. The van der Waals surface area contributed by atoms with Crippen LogP contribution in [0.4, 0.5) is 0 Å². The van der Waals surface area contributed by atoms with E-state index in [0.717, 1.165) is 24.8 Å². The van der Waals surface area contributed by atoms with Crippen LogP contribution >= 0.6 is 11.8 Å². The quantitative estimate of drug-likeness (QED) is 0.780. The highest BCUT2D eigenvalue weighted by atomic mass is 32.2. The van der Waals surface area contributed by atoms with Crippen LogP contribution in [0.3, 0.4) is 0 Å². The van der Waals surface area contributed by atoms with Crippen molar-refractivity contribution >= 4 is 11.8 Å². The first-order chi connectivity index (χ1) is 7.42. The molecule has 2 unspecified atom stereocenters. The van der Waals surface area contributed by atoms with Gasteiger partial charge >= 0.3 is 0 Å². The van der Waals surface area contributed by atoms with E-state index in [0.29, 0.717) is 6.04 Å². The van der Waals surface area contributed by atoms with E-state index in [1.807, 2.05) is 0 Å². The van der Waals surface area contributed by atoms with Gasteiger partial charge in [-0.05, 0) is 37.6 Å². The largest absolute Gasteiger partial charge is 0.496 e. The standard InChI is InChI=1S/C12H21NOS/c1-2-7-13-12(10-5-3-8-14-10)11-6-4-9-15-11/h5,11-13H,2-4,6-9H2,1H3. The molecule has 15 heavy (non-hydrogen) atoms. The van der Waals surface area contributed by atoms with E-state index in [9.17, 15) is 0 Å². The van der Waals surface area contributed by atoms with E-state index in [1.165, 1.54) is 30.8 Å². The van der Waals surface area contributed by atoms with Crippen molar-refractivity contribution in [3.63, 3.8) is 0 Å². The molecule has 1 fully saturated rings. The van der Waals surface area contributed by atoms with Gasteiger partial charge in [0.15, 0.2) is 0 Å². The lowest BCUT2D eigenvalue weighted by molar-refractivity contribution is 0.213. The van der Waals surface area contributed by atoms with Crippen LogP contribution in [0, 0.1) is 0 Å². The van der Waals surface area contributed by atoms with Crippen molar-refractivity contribution in [1.82, 2.24) is 5.32 Å². The third kappa shape index (κ3) is 2.91. The normalized spacial score (nSPS) is 27.5. The summed E-state index contributed by atoms with van der Waals surface area (Å²) < 4.78 is 5.71. The third-order valence-electron chi connectivity index (χ3n) is 2.99. The molecule has 2 aliphatic rings. The van der Waals surface area contributed by atoms with Crippen LogP contribution in [-0.2, 0) is 4.74 Å². The zero-order chi connectivity index (χ0) is 10.5. The Balaban J connectivity index is 1.94. The van der Waals surface area contributed by atoms with Gasteiger partial charge in [-0.25, -0.2) is 0 Å². The van der Waals surface area contributed by atoms with Gasteiger partial charge < -0.3 is 10.1 Å². The minimum absolute atomic E-state index is 0.472. The second-order valence-corrected chi connectivity index (χ2v) is 5.57. The maximum Gasteiger partial charge on any atom is 0.110 e. The Morgan fingerprint density at radius 3 is 3.20 bits per heavy atom. The molecule has 3 heteroatoms. The van der Waals surface area contributed by atoms with Gasteiger partial charge in [-0.3, -0.25) is 0 Å². The summed E-state index contributed by atoms with van der Waals surface area (Å²) in [6.07, 6.45) is 7.27. The summed E-state index contributed by atoms with van der Waals surface area (Å²) in [5.41, 5.74) is 0. The molecule has 0 aromatic heterocycles. The van der Waals surface area contributed by atoms with Crippen LogP contribution in [0.5, 0.6) is 0 Å². The van der Waals surface area contributed by atoms with Crippen molar-refractivity contribution in [3.8, 4) is 0 Å². The first-order valence-electron chi connectivity index (χ1n) is 6.09. The maximum atomic E-state index is 5.71. The van der Waals surface area contributed by atoms with Gasteiger partial charge in [0.05, 0.1) is 12.6 Å². The number of nitrogens with one attached hydrogen (secondary N) is 1. The Morgan fingerprint density at radius 1 is 1.67 bits per heavy atom. The van der Waals surface area contributed by atoms with Crippen LogP contribution in [0.2, 0.25) is 0 Å². The molecule has 0 saturated carbocycles. The molecular formula is C12H21NOS.